The van der Waals surface area contributed by atoms with Crippen LogP contribution in [0.3, 0.4) is 0 Å². The Labute approximate surface area is 141 Å². The summed E-state index contributed by atoms with van der Waals surface area (Å²) >= 11 is 0. The van der Waals surface area contributed by atoms with Crippen molar-refractivity contribution < 1.29 is 19.1 Å². The maximum absolute atomic E-state index is 12.3. The van der Waals surface area contributed by atoms with Crippen molar-refractivity contribution in [2.45, 2.75) is 44.7 Å². The lowest BCUT2D eigenvalue weighted by molar-refractivity contribution is -0.147. The largest absolute Gasteiger partial charge is 0.493 e. The highest BCUT2D eigenvalue weighted by Crippen LogP contribution is 2.31. The van der Waals surface area contributed by atoms with Crippen molar-refractivity contribution >= 4 is 12.0 Å². The van der Waals surface area contributed by atoms with E-state index in [1.807, 2.05) is 31.2 Å². The van der Waals surface area contributed by atoms with Crippen LogP contribution in [0.4, 0.5) is 4.79 Å². The van der Waals surface area contributed by atoms with E-state index >= 15 is 0 Å². The van der Waals surface area contributed by atoms with Crippen LogP contribution in [-0.4, -0.2) is 31.3 Å². The van der Waals surface area contributed by atoms with Gasteiger partial charge in [0, 0.05) is 18.0 Å². The molecule has 3 atom stereocenters. The van der Waals surface area contributed by atoms with E-state index in [2.05, 4.69) is 10.6 Å². The number of urea groups is 1. The van der Waals surface area contributed by atoms with Crippen LogP contribution in [0.1, 0.15) is 44.2 Å². The van der Waals surface area contributed by atoms with Crippen molar-refractivity contribution in [1.82, 2.24) is 10.6 Å². The summed E-state index contributed by atoms with van der Waals surface area (Å²) in [5.41, 5.74) is 1.01. The minimum Gasteiger partial charge on any atom is -0.493 e. The lowest BCUT2D eigenvalue weighted by Crippen LogP contribution is -2.43. The number of ether oxygens (including phenoxy) is 2. The van der Waals surface area contributed by atoms with E-state index < -0.39 is 0 Å². The van der Waals surface area contributed by atoms with Gasteiger partial charge in [-0.15, -0.1) is 0 Å². The highest BCUT2D eigenvalue weighted by Gasteiger charge is 2.32. The molecule has 2 N–H and O–H groups in total. The topological polar surface area (TPSA) is 76.7 Å². The van der Waals surface area contributed by atoms with Crippen molar-refractivity contribution in [2.24, 2.45) is 5.92 Å². The lowest BCUT2D eigenvalue weighted by Gasteiger charge is -2.27. The number of amides is 2. The van der Waals surface area contributed by atoms with Gasteiger partial charge in [0.1, 0.15) is 5.75 Å². The molecule has 0 aromatic heterocycles. The Balaban J connectivity index is 1.51. The van der Waals surface area contributed by atoms with Gasteiger partial charge in [0.2, 0.25) is 0 Å². The Morgan fingerprint density at radius 2 is 2.04 bits per heavy atom. The summed E-state index contributed by atoms with van der Waals surface area (Å²) in [6.07, 6.45) is 2.97. The average Bonchev–Trinajstić information content (AvgIpc) is 3.04. The molecular formula is C18H24N2O4. The Bertz CT molecular complexity index is 604. The summed E-state index contributed by atoms with van der Waals surface area (Å²) in [6, 6.07) is 7.56. The molecule has 24 heavy (non-hydrogen) atoms. The summed E-state index contributed by atoms with van der Waals surface area (Å²) in [4.78, 5) is 24.1. The van der Waals surface area contributed by atoms with Crippen molar-refractivity contribution in [2.75, 3.05) is 13.2 Å². The van der Waals surface area contributed by atoms with E-state index in [9.17, 15) is 9.59 Å². The van der Waals surface area contributed by atoms with E-state index in [4.69, 9.17) is 9.47 Å². The average molecular weight is 332 g/mol. The molecule has 1 aromatic rings. The van der Waals surface area contributed by atoms with Crippen LogP contribution in [0.25, 0.3) is 0 Å². The summed E-state index contributed by atoms with van der Waals surface area (Å²) in [6.45, 7) is 2.80. The minimum atomic E-state index is -0.189. The molecule has 1 saturated carbocycles. The number of benzene rings is 1. The number of hydrogen-bond acceptors (Lipinski definition) is 4. The van der Waals surface area contributed by atoms with Crippen molar-refractivity contribution in [3.05, 3.63) is 29.8 Å². The monoisotopic (exact) mass is 332 g/mol. The maximum Gasteiger partial charge on any atom is 0.315 e. The van der Waals surface area contributed by atoms with Gasteiger partial charge in [-0.1, -0.05) is 18.2 Å². The van der Waals surface area contributed by atoms with Crippen LogP contribution in [0, 0.1) is 5.92 Å². The first-order valence-corrected chi connectivity index (χ1v) is 8.62. The first-order valence-electron chi connectivity index (χ1n) is 8.62. The summed E-state index contributed by atoms with van der Waals surface area (Å²) < 4.78 is 10.7. The molecule has 1 aromatic carbocycles. The quantitative estimate of drug-likeness (QED) is 0.831. The molecular weight excluding hydrogens is 308 g/mol. The Morgan fingerprint density at radius 3 is 2.88 bits per heavy atom. The van der Waals surface area contributed by atoms with E-state index in [1.165, 1.54) is 0 Å². The zero-order chi connectivity index (χ0) is 16.9. The Hall–Kier alpha value is -2.24. The van der Waals surface area contributed by atoms with Crippen molar-refractivity contribution in [3.8, 4) is 5.75 Å². The molecule has 2 aliphatic rings. The number of carbonyl (C=O) groups is 2. The Kier molecular flexibility index (Phi) is 5.23. The molecule has 6 heteroatoms. The van der Waals surface area contributed by atoms with Gasteiger partial charge >= 0.3 is 12.0 Å². The van der Waals surface area contributed by atoms with Gasteiger partial charge in [0.15, 0.2) is 0 Å². The molecule has 3 rings (SSSR count). The van der Waals surface area contributed by atoms with E-state index in [0.717, 1.165) is 30.6 Å². The molecule has 0 unspecified atom stereocenters. The molecule has 6 nitrogen and oxygen atoms in total. The first kappa shape index (κ1) is 16.6. The van der Waals surface area contributed by atoms with Gasteiger partial charge in [-0.3, -0.25) is 4.79 Å². The fourth-order valence-electron chi connectivity index (χ4n) is 3.46. The summed E-state index contributed by atoms with van der Waals surface area (Å²) in [5.74, 6) is 0.580. The third kappa shape index (κ3) is 3.80. The predicted octanol–water partition coefficient (Wildman–Crippen LogP) is 2.54. The normalized spacial score (nSPS) is 25.3. The molecule has 1 heterocycles. The molecule has 0 radical (unpaired) electrons. The van der Waals surface area contributed by atoms with Crippen LogP contribution in [-0.2, 0) is 9.53 Å². The fraction of sp³-hybridized carbons (Fsp3) is 0.556. The smallest absolute Gasteiger partial charge is 0.315 e. The zero-order valence-corrected chi connectivity index (χ0v) is 13.9. The van der Waals surface area contributed by atoms with Gasteiger partial charge < -0.3 is 20.1 Å². The van der Waals surface area contributed by atoms with E-state index in [1.54, 1.807) is 0 Å². The van der Waals surface area contributed by atoms with Crippen LogP contribution in [0.2, 0.25) is 0 Å². The van der Waals surface area contributed by atoms with Crippen molar-refractivity contribution in [1.29, 1.82) is 0 Å². The third-order valence-electron chi connectivity index (χ3n) is 4.65. The molecule has 1 fully saturated rings. The maximum atomic E-state index is 12.3. The van der Waals surface area contributed by atoms with Gasteiger partial charge in [-0.2, -0.15) is 0 Å². The minimum absolute atomic E-state index is 0.0227. The van der Waals surface area contributed by atoms with Crippen LogP contribution in [0.5, 0.6) is 5.75 Å². The number of nitrogens with one attached hydrogen (secondary N) is 2. The number of rotatable bonds is 4. The van der Waals surface area contributed by atoms with Crippen molar-refractivity contribution in [3.63, 3.8) is 0 Å². The van der Waals surface area contributed by atoms with Crippen LogP contribution in [0.15, 0.2) is 24.3 Å². The standard InChI is InChI=1S/C18H24N2O4/c1-2-23-17(21)12-7-8-13(11-12)19-18(22)20-15-9-10-24-16-6-4-3-5-14(15)16/h3-6,12-13,15H,2,7-11H2,1H3,(H2,19,20,22)/t12-,13+,15-/m1/s1. The molecule has 1 aliphatic heterocycles. The van der Waals surface area contributed by atoms with E-state index in [0.29, 0.717) is 19.6 Å². The van der Waals surface area contributed by atoms with Gasteiger partial charge in [-0.05, 0) is 32.3 Å². The molecule has 0 bridgehead atoms. The second kappa shape index (κ2) is 7.55. The number of fused-ring (bicyclic) bond motifs is 1. The zero-order valence-electron chi connectivity index (χ0n) is 13.9. The number of para-hydroxylation sites is 1. The van der Waals surface area contributed by atoms with Gasteiger partial charge in [0.25, 0.3) is 0 Å². The SMILES string of the molecule is CCOC(=O)[C@@H]1CC[C@H](NC(=O)N[C@@H]2CCOc3ccccc32)C1. The van der Waals surface area contributed by atoms with Gasteiger partial charge in [-0.25, -0.2) is 4.79 Å². The molecule has 130 valence electrons. The summed E-state index contributed by atoms with van der Waals surface area (Å²) in [5, 5.41) is 6.01. The number of carbonyl (C=O) groups excluding carboxylic acids is 2. The predicted molar refractivity (Wildman–Crippen MR) is 88.7 cm³/mol. The highest BCUT2D eigenvalue weighted by molar-refractivity contribution is 5.76. The molecule has 2 amide bonds. The van der Waals surface area contributed by atoms with E-state index in [-0.39, 0.29) is 30.0 Å². The van der Waals surface area contributed by atoms with Crippen LogP contribution < -0.4 is 15.4 Å². The second-order valence-corrected chi connectivity index (χ2v) is 6.30. The molecule has 0 saturated heterocycles. The molecule has 1 aliphatic carbocycles. The number of hydrogen-bond donors (Lipinski definition) is 2. The third-order valence-corrected chi connectivity index (χ3v) is 4.65. The van der Waals surface area contributed by atoms with Gasteiger partial charge in [0.05, 0.1) is 25.2 Å². The first-order chi connectivity index (χ1) is 11.7. The number of esters is 1. The fourth-order valence-corrected chi connectivity index (χ4v) is 3.46. The summed E-state index contributed by atoms with van der Waals surface area (Å²) in [7, 11) is 0. The Morgan fingerprint density at radius 1 is 1.21 bits per heavy atom. The highest BCUT2D eigenvalue weighted by atomic mass is 16.5. The second-order valence-electron chi connectivity index (χ2n) is 6.30. The molecule has 0 spiro atoms. The lowest BCUT2D eigenvalue weighted by atomic mass is 10.0. The van der Waals surface area contributed by atoms with Crippen LogP contribution >= 0.6 is 0 Å².